The number of hydrogen-bond donors (Lipinski definition) is 3. The van der Waals surface area contributed by atoms with E-state index in [1.54, 1.807) is 4.90 Å². The number of carbonyl (C=O) groups is 2. The molecule has 21 heavy (non-hydrogen) atoms. The molecule has 0 aromatic heterocycles. The summed E-state index contributed by atoms with van der Waals surface area (Å²) in [5, 5.41) is 15.0. The summed E-state index contributed by atoms with van der Waals surface area (Å²) in [5.41, 5.74) is 2.21. The second-order valence-electron chi connectivity index (χ2n) is 5.29. The van der Waals surface area contributed by atoms with E-state index in [1.807, 2.05) is 31.2 Å². The van der Waals surface area contributed by atoms with Crippen molar-refractivity contribution in [2.75, 3.05) is 26.2 Å². The number of aryl methyl sites for hydroxylation is 1. The Morgan fingerprint density at radius 2 is 2.10 bits per heavy atom. The number of benzene rings is 1. The molecular weight excluding hydrogens is 270 g/mol. The zero-order valence-corrected chi connectivity index (χ0v) is 12.1. The number of rotatable bonds is 5. The van der Waals surface area contributed by atoms with E-state index in [2.05, 4.69) is 10.6 Å². The molecule has 114 valence electrons. The summed E-state index contributed by atoms with van der Waals surface area (Å²) in [6.45, 7) is 4.23. The fourth-order valence-electron chi connectivity index (χ4n) is 2.33. The minimum Gasteiger partial charge on any atom is -0.480 e. The van der Waals surface area contributed by atoms with Crippen LogP contribution in [0.25, 0.3) is 0 Å². The Balaban J connectivity index is 1.83. The second-order valence-corrected chi connectivity index (χ2v) is 5.29. The third kappa shape index (κ3) is 4.54. The van der Waals surface area contributed by atoms with Crippen LogP contribution in [-0.2, 0) is 16.1 Å². The van der Waals surface area contributed by atoms with Gasteiger partial charge in [-0.1, -0.05) is 29.8 Å². The van der Waals surface area contributed by atoms with Crippen molar-refractivity contribution in [2.45, 2.75) is 19.5 Å². The van der Waals surface area contributed by atoms with Crippen molar-refractivity contribution in [3.8, 4) is 0 Å². The Bertz CT molecular complexity index is 501. The number of aliphatic carboxylic acids is 1. The van der Waals surface area contributed by atoms with Crippen LogP contribution in [0.15, 0.2) is 24.3 Å². The first-order valence-corrected chi connectivity index (χ1v) is 7.06. The van der Waals surface area contributed by atoms with Gasteiger partial charge in [-0.25, -0.2) is 0 Å². The maximum atomic E-state index is 12.0. The van der Waals surface area contributed by atoms with Gasteiger partial charge in [0.1, 0.15) is 6.04 Å². The number of carboxylic acids is 1. The Morgan fingerprint density at radius 1 is 1.38 bits per heavy atom. The van der Waals surface area contributed by atoms with Gasteiger partial charge in [-0.05, 0) is 12.5 Å². The predicted octanol–water partition coefficient (Wildman–Crippen LogP) is -0.0304. The minimum atomic E-state index is -0.895. The maximum Gasteiger partial charge on any atom is 0.322 e. The van der Waals surface area contributed by atoms with E-state index in [9.17, 15) is 9.59 Å². The summed E-state index contributed by atoms with van der Waals surface area (Å²) in [7, 11) is 0. The van der Waals surface area contributed by atoms with Crippen LogP contribution < -0.4 is 10.6 Å². The van der Waals surface area contributed by atoms with Gasteiger partial charge >= 0.3 is 5.97 Å². The summed E-state index contributed by atoms with van der Waals surface area (Å²) >= 11 is 0. The number of hydrogen-bond acceptors (Lipinski definition) is 4. The van der Waals surface area contributed by atoms with Gasteiger partial charge in [0.15, 0.2) is 0 Å². The van der Waals surface area contributed by atoms with Gasteiger partial charge in [0.25, 0.3) is 0 Å². The highest BCUT2D eigenvalue weighted by atomic mass is 16.4. The van der Waals surface area contributed by atoms with Gasteiger partial charge in [-0.2, -0.15) is 0 Å². The van der Waals surface area contributed by atoms with Crippen LogP contribution in [0.2, 0.25) is 0 Å². The van der Waals surface area contributed by atoms with E-state index in [0.29, 0.717) is 26.2 Å². The number of nitrogens with zero attached hydrogens (tertiary/aromatic N) is 1. The van der Waals surface area contributed by atoms with Crippen molar-refractivity contribution < 1.29 is 14.7 Å². The van der Waals surface area contributed by atoms with Crippen molar-refractivity contribution in [2.24, 2.45) is 0 Å². The molecule has 1 unspecified atom stereocenters. The molecule has 1 aliphatic rings. The van der Waals surface area contributed by atoms with Crippen LogP contribution in [-0.4, -0.2) is 54.1 Å². The fourth-order valence-corrected chi connectivity index (χ4v) is 2.33. The normalized spacial score (nSPS) is 19.2. The van der Waals surface area contributed by atoms with Crippen molar-refractivity contribution in [1.29, 1.82) is 0 Å². The highest BCUT2D eigenvalue weighted by Crippen LogP contribution is 2.04. The average Bonchev–Trinajstić information content (AvgIpc) is 2.47. The third-order valence-corrected chi connectivity index (χ3v) is 3.60. The predicted molar refractivity (Wildman–Crippen MR) is 78.9 cm³/mol. The zero-order chi connectivity index (χ0) is 15.2. The van der Waals surface area contributed by atoms with Crippen LogP contribution in [0, 0.1) is 6.92 Å². The van der Waals surface area contributed by atoms with Crippen LogP contribution in [0.1, 0.15) is 11.1 Å². The average molecular weight is 291 g/mol. The monoisotopic (exact) mass is 291 g/mol. The zero-order valence-electron chi connectivity index (χ0n) is 12.1. The molecule has 3 N–H and O–H groups in total. The minimum absolute atomic E-state index is 0.116. The molecule has 1 amide bonds. The highest BCUT2D eigenvalue weighted by molar-refractivity contribution is 5.80. The summed E-state index contributed by atoms with van der Waals surface area (Å²) < 4.78 is 0. The lowest BCUT2D eigenvalue weighted by atomic mass is 10.1. The Morgan fingerprint density at radius 3 is 2.76 bits per heavy atom. The second kappa shape index (κ2) is 7.19. The van der Waals surface area contributed by atoms with Crippen LogP contribution in [0.4, 0.5) is 0 Å². The number of carboxylic acid groups (broad SMARTS) is 1. The van der Waals surface area contributed by atoms with Crippen LogP contribution >= 0.6 is 0 Å². The molecule has 2 rings (SSSR count). The van der Waals surface area contributed by atoms with Crippen LogP contribution in [0.5, 0.6) is 0 Å². The lowest BCUT2D eigenvalue weighted by Crippen LogP contribution is -2.57. The number of nitrogens with one attached hydrogen (secondary N) is 2. The summed E-state index contributed by atoms with van der Waals surface area (Å²) in [4.78, 5) is 24.8. The number of carbonyl (C=O) groups excluding carboxylic acids is 1. The first-order chi connectivity index (χ1) is 10.1. The van der Waals surface area contributed by atoms with Crippen molar-refractivity contribution in [3.63, 3.8) is 0 Å². The highest BCUT2D eigenvalue weighted by Gasteiger charge is 2.29. The Labute approximate surface area is 124 Å². The van der Waals surface area contributed by atoms with Gasteiger partial charge in [0, 0.05) is 26.2 Å². The van der Waals surface area contributed by atoms with Crippen molar-refractivity contribution >= 4 is 11.9 Å². The Kier molecular flexibility index (Phi) is 5.30. The van der Waals surface area contributed by atoms with Gasteiger partial charge < -0.3 is 15.7 Å². The van der Waals surface area contributed by atoms with E-state index in [4.69, 9.17) is 5.11 Å². The molecule has 0 bridgehead atoms. The van der Waals surface area contributed by atoms with E-state index in [0.717, 1.165) is 5.56 Å². The first kappa shape index (κ1) is 15.5. The summed E-state index contributed by atoms with van der Waals surface area (Å²) in [6, 6.07) is 7.31. The SMILES string of the molecule is Cc1ccc(CNC(=O)CN2CCNCC2C(=O)O)cc1. The number of amides is 1. The van der Waals surface area contributed by atoms with Crippen molar-refractivity contribution in [1.82, 2.24) is 15.5 Å². The topological polar surface area (TPSA) is 81.7 Å². The van der Waals surface area contributed by atoms with E-state index in [-0.39, 0.29) is 12.5 Å². The molecule has 1 aromatic rings. The molecule has 0 aliphatic carbocycles. The smallest absolute Gasteiger partial charge is 0.322 e. The van der Waals surface area contributed by atoms with E-state index < -0.39 is 12.0 Å². The van der Waals surface area contributed by atoms with Crippen LogP contribution in [0.3, 0.4) is 0 Å². The molecule has 1 saturated heterocycles. The fraction of sp³-hybridized carbons (Fsp3) is 0.467. The standard InChI is InChI=1S/C15H21N3O3/c1-11-2-4-12(5-3-11)8-17-14(19)10-18-7-6-16-9-13(18)15(20)21/h2-5,13,16H,6-10H2,1H3,(H,17,19)(H,20,21). The Hall–Kier alpha value is -1.92. The molecule has 1 fully saturated rings. The molecule has 1 aliphatic heterocycles. The third-order valence-electron chi connectivity index (χ3n) is 3.60. The molecule has 1 heterocycles. The molecule has 0 spiro atoms. The molecule has 1 aromatic carbocycles. The summed E-state index contributed by atoms with van der Waals surface area (Å²) in [5.74, 6) is -1.04. The maximum absolute atomic E-state index is 12.0. The lowest BCUT2D eigenvalue weighted by molar-refractivity contribution is -0.144. The molecule has 1 atom stereocenters. The number of piperazine rings is 1. The van der Waals surface area contributed by atoms with Crippen molar-refractivity contribution in [3.05, 3.63) is 35.4 Å². The molecule has 6 heteroatoms. The van der Waals surface area contributed by atoms with Gasteiger partial charge in [-0.15, -0.1) is 0 Å². The van der Waals surface area contributed by atoms with Gasteiger partial charge in [0.05, 0.1) is 6.54 Å². The lowest BCUT2D eigenvalue weighted by Gasteiger charge is -2.32. The van der Waals surface area contributed by atoms with Gasteiger partial charge in [-0.3, -0.25) is 14.5 Å². The molecular formula is C15H21N3O3. The largest absolute Gasteiger partial charge is 0.480 e. The van der Waals surface area contributed by atoms with Gasteiger partial charge in [0.2, 0.25) is 5.91 Å². The van der Waals surface area contributed by atoms with E-state index in [1.165, 1.54) is 5.56 Å². The summed E-state index contributed by atoms with van der Waals surface area (Å²) in [6.07, 6.45) is 0. The van der Waals surface area contributed by atoms with E-state index >= 15 is 0 Å². The molecule has 0 radical (unpaired) electrons. The quantitative estimate of drug-likeness (QED) is 0.710. The molecule has 0 saturated carbocycles. The molecule has 6 nitrogen and oxygen atoms in total. The first-order valence-electron chi connectivity index (χ1n) is 7.06.